The number of nitrogens with two attached hydrogens (primary N) is 1. The molecule has 3 N–H and O–H groups in total. The summed E-state index contributed by atoms with van der Waals surface area (Å²) in [6.07, 6.45) is 1.84. The van der Waals surface area contributed by atoms with Crippen LogP contribution in [0.2, 0.25) is 0 Å². The molecule has 2 heterocycles. The van der Waals surface area contributed by atoms with E-state index in [-0.39, 0.29) is 0 Å². The Kier molecular flexibility index (Phi) is 4.31. The maximum Gasteiger partial charge on any atom is 0.197 e. The largest absolute Gasteiger partial charge is 0.300 e. The van der Waals surface area contributed by atoms with Gasteiger partial charge in [0.25, 0.3) is 0 Å². The number of rotatable bonds is 4. The minimum absolute atomic E-state index is 0.705. The molecule has 6 heteroatoms. The Balaban J connectivity index is 1.65. The highest BCUT2D eigenvalue weighted by Gasteiger charge is 2.14. The molecule has 4 aromatic rings. The van der Waals surface area contributed by atoms with Gasteiger partial charge in [-0.15, -0.1) is 11.3 Å². The summed E-state index contributed by atoms with van der Waals surface area (Å²) in [4.78, 5) is 11.2. The lowest BCUT2D eigenvalue weighted by molar-refractivity contribution is 1.27. The average molecular weight is 364 g/mol. The van der Waals surface area contributed by atoms with Gasteiger partial charge >= 0.3 is 0 Å². The quantitative estimate of drug-likeness (QED) is 0.386. The van der Waals surface area contributed by atoms with Gasteiger partial charge in [-0.05, 0) is 18.1 Å². The molecule has 0 amide bonds. The van der Waals surface area contributed by atoms with Crippen LogP contribution >= 0.6 is 22.7 Å². The van der Waals surface area contributed by atoms with Crippen LogP contribution in [-0.2, 0) is 0 Å². The van der Waals surface area contributed by atoms with Gasteiger partial charge in [-0.1, -0.05) is 65.9 Å². The van der Waals surface area contributed by atoms with Crippen LogP contribution in [-0.4, -0.2) is 9.97 Å². The number of nitrogen functional groups attached to an aromatic ring is 1. The second-order valence-electron chi connectivity index (χ2n) is 5.55. The molecule has 0 spiro atoms. The molecular weight excluding hydrogens is 348 g/mol. The Hall–Kier alpha value is -2.54. The second-order valence-corrected chi connectivity index (χ2v) is 7.58. The smallest absolute Gasteiger partial charge is 0.197 e. The van der Waals surface area contributed by atoms with Crippen molar-refractivity contribution in [3.05, 3.63) is 66.5 Å². The van der Waals surface area contributed by atoms with Crippen molar-refractivity contribution in [3.8, 4) is 31.5 Å². The third-order valence-electron chi connectivity index (χ3n) is 3.89. The molecule has 0 aliphatic heterocycles. The standard InChI is InChI=1S/C19H16N4S2/c1-12-17(16-11-21-19(23-20)24-16)25-18(22-12)15-9-7-14(8-10-15)13-5-3-2-4-6-13/h2-11H,20H2,1H3,(H,21,23). The van der Waals surface area contributed by atoms with E-state index in [1.54, 1.807) is 11.3 Å². The van der Waals surface area contributed by atoms with Crippen molar-refractivity contribution < 1.29 is 0 Å². The van der Waals surface area contributed by atoms with Crippen LogP contribution in [0.4, 0.5) is 5.13 Å². The molecule has 4 rings (SSSR count). The summed E-state index contributed by atoms with van der Waals surface area (Å²) in [5.41, 5.74) is 7.15. The number of aryl methyl sites for hydroxylation is 1. The van der Waals surface area contributed by atoms with Gasteiger partial charge in [0.2, 0.25) is 0 Å². The summed E-state index contributed by atoms with van der Waals surface area (Å²) in [5.74, 6) is 5.42. The lowest BCUT2D eigenvalue weighted by atomic mass is 10.0. The lowest BCUT2D eigenvalue weighted by Crippen LogP contribution is -2.05. The van der Waals surface area contributed by atoms with E-state index in [0.29, 0.717) is 5.13 Å². The minimum Gasteiger partial charge on any atom is -0.300 e. The predicted octanol–water partition coefficient (Wildman–Crippen LogP) is 5.19. The second kappa shape index (κ2) is 6.76. The fourth-order valence-electron chi connectivity index (χ4n) is 2.63. The number of hydrazine groups is 1. The highest BCUT2D eigenvalue weighted by molar-refractivity contribution is 7.25. The number of anilines is 1. The van der Waals surface area contributed by atoms with Gasteiger partial charge in [-0.3, -0.25) is 5.43 Å². The maximum absolute atomic E-state index is 5.42. The van der Waals surface area contributed by atoms with E-state index >= 15 is 0 Å². The van der Waals surface area contributed by atoms with Crippen molar-refractivity contribution in [1.82, 2.24) is 9.97 Å². The number of hydrogen-bond donors (Lipinski definition) is 2. The Morgan fingerprint density at radius 3 is 2.24 bits per heavy atom. The van der Waals surface area contributed by atoms with E-state index in [0.717, 1.165) is 26.0 Å². The molecule has 0 radical (unpaired) electrons. The van der Waals surface area contributed by atoms with E-state index in [1.807, 2.05) is 19.2 Å². The van der Waals surface area contributed by atoms with Crippen molar-refractivity contribution in [3.63, 3.8) is 0 Å². The first-order valence-electron chi connectivity index (χ1n) is 7.80. The van der Waals surface area contributed by atoms with Gasteiger partial charge < -0.3 is 0 Å². The Morgan fingerprint density at radius 2 is 1.56 bits per heavy atom. The SMILES string of the molecule is Cc1nc(-c2ccc(-c3ccccc3)cc2)sc1-c1cnc(NN)s1. The van der Waals surface area contributed by atoms with Gasteiger partial charge in [0.05, 0.1) is 15.4 Å². The zero-order valence-electron chi connectivity index (χ0n) is 13.6. The van der Waals surface area contributed by atoms with Gasteiger partial charge in [-0.2, -0.15) is 0 Å². The topological polar surface area (TPSA) is 63.8 Å². The predicted molar refractivity (Wildman–Crippen MR) is 107 cm³/mol. The summed E-state index contributed by atoms with van der Waals surface area (Å²) in [6, 6.07) is 18.9. The number of thiazole rings is 2. The molecular formula is C19H16N4S2. The molecule has 4 nitrogen and oxygen atoms in total. The Bertz CT molecular complexity index is 988. The van der Waals surface area contributed by atoms with E-state index in [9.17, 15) is 0 Å². The molecule has 25 heavy (non-hydrogen) atoms. The molecule has 0 fully saturated rings. The third kappa shape index (κ3) is 3.19. The monoisotopic (exact) mass is 364 g/mol. The molecule has 0 saturated heterocycles. The maximum atomic E-state index is 5.42. The first kappa shape index (κ1) is 16.0. The van der Waals surface area contributed by atoms with Gasteiger partial charge in [-0.25, -0.2) is 15.8 Å². The molecule has 0 unspecified atom stereocenters. The third-order valence-corrected chi connectivity index (χ3v) is 6.20. The molecule has 0 aliphatic rings. The van der Waals surface area contributed by atoms with Crippen molar-refractivity contribution >= 4 is 27.8 Å². The average Bonchev–Trinajstić information content (AvgIpc) is 3.29. The zero-order chi connectivity index (χ0) is 17.2. The minimum atomic E-state index is 0.705. The first-order chi connectivity index (χ1) is 12.2. The first-order valence-corrected chi connectivity index (χ1v) is 9.44. The molecule has 2 aromatic carbocycles. The van der Waals surface area contributed by atoms with Crippen LogP contribution in [0.1, 0.15) is 5.69 Å². The molecule has 0 saturated carbocycles. The van der Waals surface area contributed by atoms with Gasteiger partial charge in [0.1, 0.15) is 5.01 Å². The van der Waals surface area contributed by atoms with E-state index in [1.165, 1.54) is 22.5 Å². The van der Waals surface area contributed by atoms with Crippen LogP contribution in [0.15, 0.2) is 60.8 Å². The Morgan fingerprint density at radius 1 is 0.880 bits per heavy atom. The summed E-state index contributed by atoms with van der Waals surface area (Å²) in [7, 11) is 0. The summed E-state index contributed by atoms with van der Waals surface area (Å²) in [5, 5.41) is 1.72. The summed E-state index contributed by atoms with van der Waals surface area (Å²) < 4.78 is 0. The zero-order valence-corrected chi connectivity index (χ0v) is 15.2. The highest BCUT2D eigenvalue weighted by Crippen LogP contribution is 2.39. The van der Waals surface area contributed by atoms with Crippen LogP contribution in [0.25, 0.3) is 31.5 Å². The van der Waals surface area contributed by atoms with Crippen molar-refractivity contribution in [2.75, 3.05) is 5.43 Å². The van der Waals surface area contributed by atoms with Crippen LogP contribution in [0.5, 0.6) is 0 Å². The number of nitrogens with one attached hydrogen (secondary N) is 1. The normalized spacial score (nSPS) is 10.8. The summed E-state index contributed by atoms with van der Waals surface area (Å²) >= 11 is 3.21. The van der Waals surface area contributed by atoms with Gasteiger partial charge in [0, 0.05) is 11.8 Å². The van der Waals surface area contributed by atoms with Crippen molar-refractivity contribution in [2.45, 2.75) is 6.92 Å². The number of hydrogen-bond acceptors (Lipinski definition) is 6. The lowest BCUT2D eigenvalue weighted by Gasteiger charge is -2.02. The fourth-order valence-corrected chi connectivity index (χ4v) is 4.58. The number of benzene rings is 2. The van der Waals surface area contributed by atoms with E-state index in [4.69, 9.17) is 10.8 Å². The molecule has 124 valence electrons. The van der Waals surface area contributed by atoms with Crippen molar-refractivity contribution in [2.24, 2.45) is 5.84 Å². The van der Waals surface area contributed by atoms with Crippen LogP contribution in [0.3, 0.4) is 0 Å². The number of aromatic nitrogens is 2. The molecule has 2 aromatic heterocycles. The van der Waals surface area contributed by atoms with Crippen LogP contribution in [0, 0.1) is 6.92 Å². The highest BCUT2D eigenvalue weighted by atomic mass is 32.1. The summed E-state index contributed by atoms with van der Waals surface area (Å²) in [6.45, 7) is 2.03. The van der Waals surface area contributed by atoms with E-state index < -0.39 is 0 Å². The van der Waals surface area contributed by atoms with Crippen LogP contribution < -0.4 is 11.3 Å². The molecule has 0 bridgehead atoms. The number of nitrogens with zero attached hydrogens (tertiary/aromatic N) is 2. The molecule has 0 atom stereocenters. The molecule has 0 aliphatic carbocycles. The van der Waals surface area contributed by atoms with E-state index in [2.05, 4.69) is 58.9 Å². The van der Waals surface area contributed by atoms with Crippen molar-refractivity contribution in [1.29, 1.82) is 0 Å². The van der Waals surface area contributed by atoms with Gasteiger partial charge in [0.15, 0.2) is 5.13 Å². The Labute approximate surface area is 154 Å². The fraction of sp³-hybridized carbons (Fsp3) is 0.0526.